The maximum absolute atomic E-state index is 13.6. The molecule has 0 spiro atoms. The Kier molecular flexibility index (Phi) is 5.36. The number of alkyl halides is 2. The molecule has 5 aliphatic rings. The number of allylic oxidation sites excluding steroid dienone is 4. The first-order chi connectivity index (χ1) is 15.8. The number of halogens is 2. The van der Waals surface area contributed by atoms with Gasteiger partial charge in [-0.1, -0.05) is 32.4 Å². The van der Waals surface area contributed by atoms with E-state index in [1.807, 2.05) is 33.8 Å². The van der Waals surface area contributed by atoms with Gasteiger partial charge in [-0.25, -0.2) is 0 Å². The van der Waals surface area contributed by atoms with Crippen molar-refractivity contribution in [1.29, 1.82) is 0 Å². The van der Waals surface area contributed by atoms with E-state index in [0.717, 1.165) is 18.4 Å². The smallest absolute Gasteiger partial charge is 0.312 e. The Bertz CT molecular complexity index is 1030. The number of aliphatic hydroxyl groups is 1. The lowest BCUT2D eigenvalue weighted by atomic mass is 9.45. The lowest BCUT2D eigenvalue weighted by molar-refractivity contribution is -0.204. The van der Waals surface area contributed by atoms with Gasteiger partial charge in [0.25, 0.3) is 0 Å². The van der Waals surface area contributed by atoms with E-state index in [0.29, 0.717) is 19.3 Å². The predicted molar refractivity (Wildman–Crippen MR) is 130 cm³/mol. The Morgan fingerprint density at radius 2 is 1.88 bits per heavy atom. The normalized spacial score (nSPS) is 48.3. The summed E-state index contributed by atoms with van der Waals surface area (Å²) in [6.07, 6.45) is 7.89. The SMILES string of the molecule is C[C@@H]1C[C@H]2[C@@H]3CCC4=CC(=O)C=C[C@]4(C)[C@@]3(Cl)[C@@H](O)C[C@]2(C)[C@@]1(OC(=O)C1(C)CC1)C(=O)CCl. The van der Waals surface area contributed by atoms with Crippen LogP contribution in [-0.2, 0) is 19.1 Å². The van der Waals surface area contributed by atoms with Crippen LogP contribution < -0.4 is 0 Å². The third-order valence-corrected chi connectivity index (χ3v) is 11.6. The average molecular weight is 509 g/mol. The highest BCUT2D eigenvalue weighted by molar-refractivity contribution is 6.29. The van der Waals surface area contributed by atoms with Gasteiger partial charge < -0.3 is 9.84 Å². The van der Waals surface area contributed by atoms with E-state index in [2.05, 4.69) is 0 Å². The van der Waals surface area contributed by atoms with Gasteiger partial charge in [0, 0.05) is 16.7 Å². The fourth-order valence-corrected chi connectivity index (χ4v) is 8.88. The molecule has 0 amide bonds. The van der Waals surface area contributed by atoms with Crippen molar-refractivity contribution in [2.45, 2.75) is 82.8 Å². The monoisotopic (exact) mass is 508 g/mol. The number of hydrogen-bond donors (Lipinski definition) is 1. The number of ether oxygens (including phenoxy) is 1. The van der Waals surface area contributed by atoms with Crippen LogP contribution in [0.4, 0.5) is 0 Å². The highest BCUT2D eigenvalue weighted by atomic mass is 35.5. The van der Waals surface area contributed by atoms with Gasteiger partial charge in [0.05, 0.1) is 22.3 Å². The molecular weight excluding hydrogens is 475 g/mol. The van der Waals surface area contributed by atoms with E-state index >= 15 is 0 Å². The Hall–Kier alpha value is -1.17. The zero-order valence-corrected chi connectivity index (χ0v) is 21.8. The summed E-state index contributed by atoms with van der Waals surface area (Å²) in [5, 5.41) is 11.8. The van der Waals surface area contributed by atoms with Gasteiger partial charge in [-0.3, -0.25) is 14.4 Å². The molecule has 0 heterocycles. The number of Topliss-reactive ketones (excluding diaryl/α,β-unsaturated/α-hetero) is 1. The minimum atomic E-state index is -1.39. The number of rotatable bonds is 4. The molecule has 0 aromatic heterocycles. The van der Waals surface area contributed by atoms with Crippen molar-refractivity contribution in [3.8, 4) is 0 Å². The first-order valence-electron chi connectivity index (χ1n) is 12.4. The predicted octanol–water partition coefficient (Wildman–Crippen LogP) is 4.76. The van der Waals surface area contributed by atoms with Gasteiger partial charge in [-0.15, -0.1) is 23.2 Å². The van der Waals surface area contributed by atoms with Crippen LogP contribution >= 0.6 is 23.2 Å². The lowest BCUT2D eigenvalue weighted by Crippen LogP contribution is -2.69. The highest BCUT2D eigenvalue weighted by Gasteiger charge is 2.76. The molecule has 4 saturated carbocycles. The first-order valence-corrected chi connectivity index (χ1v) is 13.4. The van der Waals surface area contributed by atoms with Gasteiger partial charge in [0.1, 0.15) is 0 Å². The van der Waals surface area contributed by atoms with Crippen molar-refractivity contribution < 1.29 is 24.2 Å². The molecule has 5 rings (SSSR count). The van der Waals surface area contributed by atoms with Crippen LogP contribution in [0.3, 0.4) is 0 Å². The number of ketones is 2. The molecule has 0 radical (unpaired) electrons. The summed E-state index contributed by atoms with van der Waals surface area (Å²) in [5.74, 6) is -1.34. The van der Waals surface area contributed by atoms with Crippen molar-refractivity contribution in [1.82, 2.24) is 0 Å². The molecular formula is C27H34Cl2O5. The van der Waals surface area contributed by atoms with E-state index in [-0.39, 0.29) is 47.6 Å². The van der Waals surface area contributed by atoms with Crippen LogP contribution in [0.25, 0.3) is 0 Å². The Morgan fingerprint density at radius 3 is 2.50 bits per heavy atom. The van der Waals surface area contributed by atoms with Crippen LogP contribution in [0.2, 0.25) is 0 Å². The van der Waals surface area contributed by atoms with E-state index < -0.39 is 32.8 Å². The molecule has 0 unspecified atom stereocenters. The standard InChI is InChI=1S/C27H34Cl2O5/c1-15-11-19-18-6-5-16-12-17(30)7-8-24(16,3)26(18,29)20(31)13-25(19,4)27(15,21(32)14-28)34-22(33)23(2)9-10-23/h7-8,12,15,18-20,31H,5-6,9-11,13-14H2,1-4H3/t15-,18+,19+,20+,24+,25+,26+,27+/m1/s1. The molecule has 5 nitrogen and oxygen atoms in total. The van der Waals surface area contributed by atoms with Crippen molar-refractivity contribution in [3.63, 3.8) is 0 Å². The number of carbonyl (C=O) groups is 3. The third kappa shape index (κ3) is 2.81. The lowest BCUT2D eigenvalue weighted by Gasteiger charge is -2.64. The van der Waals surface area contributed by atoms with Crippen LogP contribution in [0.5, 0.6) is 0 Å². The van der Waals surface area contributed by atoms with Crippen LogP contribution in [0, 0.1) is 34.0 Å². The molecule has 34 heavy (non-hydrogen) atoms. The van der Waals surface area contributed by atoms with Crippen molar-refractivity contribution >= 4 is 40.7 Å². The van der Waals surface area contributed by atoms with E-state index in [4.69, 9.17) is 27.9 Å². The molecule has 0 saturated heterocycles. The fraction of sp³-hybridized carbons (Fsp3) is 0.741. The molecule has 186 valence electrons. The Labute approximate surface area is 211 Å². The summed E-state index contributed by atoms with van der Waals surface area (Å²) in [7, 11) is 0. The minimum absolute atomic E-state index is 0.0419. The topological polar surface area (TPSA) is 80.7 Å². The van der Waals surface area contributed by atoms with Gasteiger partial charge in [0.2, 0.25) is 0 Å². The zero-order chi connectivity index (χ0) is 24.9. The summed E-state index contributed by atoms with van der Waals surface area (Å²) >= 11 is 13.6. The van der Waals surface area contributed by atoms with Crippen molar-refractivity contribution in [2.24, 2.45) is 34.0 Å². The number of carbonyl (C=O) groups excluding carboxylic acids is 3. The van der Waals surface area contributed by atoms with Crippen molar-refractivity contribution in [2.75, 3.05) is 5.88 Å². The number of aliphatic hydroxyl groups excluding tert-OH is 1. The zero-order valence-electron chi connectivity index (χ0n) is 20.3. The van der Waals surface area contributed by atoms with Crippen LogP contribution in [-0.4, -0.2) is 45.1 Å². The van der Waals surface area contributed by atoms with Gasteiger partial charge in [-0.05, 0) is 69.4 Å². The quantitative estimate of drug-likeness (QED) is 0.437. The van der Waals surface area contributed by atoms with E-state index in [1.165, 1.54) is 0 Å². The largest absolute Gasteiger partial charge is 0.450 e. The molecule has 8 atom stereocenters. The van der Waals surface area contributed by atoms with Gasteiger partial charge in [-0.2, -0.15) is 0 Å². The second-order valence-corrected chi connectivity index (χ2v) is 13.0. The maximum Gasteiger partial charge on any atom is 0.312 e. The minimum Gasteiger partial charge on any atom is -0.450 e. The highest BCUT2D eigenvalue weighted by Crippen LogP contribution is 2.72. The summed E-state index contributed by atoms with van der Waals surface area (Å²) in [5.41, 5.74) is -2.45. The van der Waals surface area contributed by atoms with Crippen LogP contribution in [0.15, 0.2) is 23.8 Å². The summed E-state index contributed by atoms with van der Waals surface area (Å²) in [6.45, 7) is 7.84. The van der Waals surface area contributed by atoms with Crippen LogP contribution in [0.1, 0.15) is 66.2 Å². The second kappa shape index (κ2) is 7.43. The van der Waals surface area contributed by atoms with Gasteiger partial charge >= 0.3 is 5.97 Å². The third-order valence-electron chi connectivity index (χ3n) is 10.5. The molecule has 0 aromatic carbocycles. The average Bonchev–Trinajstić information content (AvgIpc) is 3.50. The Morgan fingerprint density at radius 1 is 1.21 bits per heavy atom. The Balaban J connectivity index is 1.61. The van der Waals surface area contributed by atoms with Crippen molar-refractivity contribution in [3.05, 3.63) is 23.8 Å². The molecule has 7 heteroatoms. The summed E-state index contributed by atoms with van der Waals surface area (Å²) in [4.78, 5) is 37.9. The number of esters is 1. The molecule has 4 fully saturated rings. The molecule has 0 bridgehead atoms. The van der Waals surface area contributed by atoms with Gasteiger partial charge in [0.15, 0.2) is 17.2 Å². The second-order valence-electron chi connectivity index (χ2n) is 12.1. The number of hydrogen-bond acceptors (Lipinski definition) is 5. The van der Waals surface area contributed by atoms with E-state index in [1.54, 1.807) is 12.2 Å². The number of fused-ring (bicyclic) bond motifs is 5. The summed E-state index contributed by atoms with van der Waals surface area (Å²) < 4.78 is 6.27. The maximum atomic E-state index is 13.6. The summed E-state index contributed by atoms with van der Waals surface area (Å²) in [6, 6.07) is 0. The van der Waals surface area contributed by atoms with E-state index in [9.17, 15) is 19.5 Å². The molecule has 5 aliphatic carbocycles. The molecule has 0 aliphatic heterocycles. The first kappa shape index (κ1) is 24.5. The molecule has 0 aromatic rings. The fourth-order valence-electron chi connectivity index (χ4n) is 8.16. The molecule has 1 N–H and O–H groups in total.